The molecule has 20 heteroatoms. The van der Waals surface area contributed by atoms with Crippen LogP contribution in [0, 0.1) is 45.3 Å². The van der Waals surface area contributed by atoms with Crippen molar-refractivity contribution < 1.29 is 0 Å². The average molecular weight is 1300 g/mol. The van der Waals surface area contributed by atoms with Crippen LogP contribution in [0.15, 0.2) is 124 Å². The molecule has 0 amide bonds. The molecule has 6 saturated carbocycles. The topological polar surface area (TPSA) is 229 Å². The van der Waals surface area contributed by atoms with Crippen molar-refractivity contribution in [3.05, 3.63) is 184 Å². The Morgan fingerprint density at radius 3 is 1.56 bits per heavy atom. The molecule has 0 unspecified atom stereocenters. The molecule has 2 atom stereocenters. The maximum Gasteiger partial charge on any atom is 0.258 e. The van der Waals surface area contributed by atoms with Crippen LogP contribution < -0.4 is 27.5 Å². The molecule has 0 saturated heterocycles. The minimum Gasteiger partial charge on any atom is -0.383 e. The number of hydrogen-bond acceptors (Lipinski definition) is 13. The van der Waals surface area contributed by atoms with E-state index in [1.165, 1.54) is 38.5 Å². The van der Waals surface area contributed by atoms with Crippen LogP contribution in [0.25, 0.3) is 43.4 Å². The summed E-state index contributed by atoms with van der Waals surface area (Å²) in [6.07, 6.45) is 18.6. The van der Waals surface area contributed by atoms with Gasteiger partial charge in [-0.2, -0.15) is 10.5 Å². The van der Waals surface area contributed by atoms with E-state index in [4.69, 9.17) is 34.0 Å². The second kappa shape index (κ2) is 24.4. The van der Waals surface area contributed by atoms with E-state index >= 15 is 0 Å². The van der Waals surface area contributed by atoms with Crippen LogP contribution >= 0.6 is 39.1 Å². The van der Waals surface area contributed by atoms with Gasteiger partial charge in [-0.25, -0.2) is 9.36 Å². The first-order chi connectivity index (χ1) is 41.4. The lowest BCUT2D eigenvalue weighted by Gasteiger charge is -2.61. The molecule has 6 fully saturated rings. The Balaban J connectivity index is 0.000000160. The molecule has 4 N–H and O–H groups in total. The summed E-state index contributed by atoms with van der Waals surface area (Å²) in [6.45, 7) is 14.3. The first-order valence-electron chi connectivity index (χ1n) is 29.4. The van der Waals surface area contributed by atoms with E-state index in [1.54, 1.807) is 47.9 Å². The third-order valence-corrected chi connectivity index (χ3v) is 18.9. The second-order valence-electron chi connectivity index (χ2n) is 26.8. The lowest BCUT2D eigenvalue weighted by molar-refractivity contribution is -0.0990. The number of nitriles is 2. The van der Waals surface area contributed by atoms with Gasteiger partial charge in [0, 0.05) is 90.1 Å². The van der Waals surface area contributed by atoms with Gasteiger partial charge in [-0.15, -0.1) is 10.2 Å². The SMILES string of the molecule is C.C.CC(C)(C)CNc1c(C#N)cnc2c(Cl)cc(Br)cc12.Cn1ccc2c([C@H](Cc3cc(Cl)c4ncc(C#N)c(NCC(C)(C)C)c4c3)c3cn(C45CC(C4)C5)nn3)cccc2c1=O.Cn1ccc2c([C@H](N)c3cn(C45CC(C4)C5)nn3)cccc2c1=O. The maximum absolute atomic E-state index is 13.1. The number of anilines is 2. The number of aryl methyl sites for hydroxylation is 2. The number of nitrogens with two attached hydrogens (primary N) is 1. The molecule has 89 heavy (non-hydrogen) atoms. The van der Waals surface area contributed by atoms with E-state index in [0.717, 1.165) is 83.9 Å². The highest BCUT2D eigenvalue weighted by molar-refractivity contribution is 9.10. The first kappa shape index (κ1) is 64.0. The Hall–Kier alpha value is -8.00. The Kier molecular flexibility index (Phi) is 17.6. The lowest BCUT2D eigenvalue weighted by Crippen LogP contribution is -2.59. The molecule has 0 aliphatic heterocycles. The normalized spacial score (nSPS) is 19.2. The molecule has 0 radical (unpaired) electrons. The van der Waals surface area contributed by atoms with Crippen molar-refractivity contribution >= 4 is 93.9 Å². The summed E-state index contributed by atoms with van der Waals surface area (Å²) >= 11 is 16.5. The summed E-state index contributed by atoms with van der Waals surface area (Å²) in [5, 5.41) is 49.9. The highest BCUT2D eigenvalue weighted by Gasteiger charge is 2.59. The predicted octanol–water partition coefficient (Wildman–Crippen LogP) is 14.5. The fourth-order valence-corrected chi connectivity index (χ4v) is 14.0. The number of hydrogen-bond donors (Lipinski definition) is 3. The van der Waals surface area contributed by atoms with Gasteiger partial charge in [-0.05, 0) is 144 Å². The van der Waals surface area contributed by atoms with Crippen molar-refractivity contribution in [3.8, 4) is 12.1 Å². The van der Waals surface area contributed by atoms with Crippen LogP contribution in [-0.2, 0) is 31.6 Å². The van der Waals surface area contributed by atoms with Gasteiger partial charge < -0.3 is 25.5 Å². The number of aromatic nitrogens is 10. The fourth-order valence-electron chi connectivity index (χ4n) is 12.8. The summed E-state index contributed by atoms with van der Waals surface area (Å²) in [5.74, 6) is 1.54. The van der Waals surface area contributed by atoms with E-state index in [0.29, 0.717) is 55.9 Å². The monoisotopic (exact) mass is 1300 g/mol. The highest BCUT2D eigenvalue weighted by Crippen LogP contribution is 2.63. The number of fused-ring (bicyclic) bond motifs is 4. The molecule has 6 heterocycles. The van der Waals surface area contributed by atoms with Crippen LogP contribution in [0.2, 0.25) is 10.0 Å². The van der Waals surface area contributed by atoms with Crippen LogP contribution in [0.3, 0.4) is 0 Å². The van der Waals surface area contributed by atoms with E-state index in [2.05, 4.69) is 129 Å². The molecule has 4 bridgehead atoms. The summed E-state index contributed by atoms with van der Waals surface area (Å²) in [6, 6.07) is 27.4. The largest absolute Gasteiger partial charge is 0.383 e. The quantitative estimate of drug-likeness (QED) is 0.103. The summed E-state index contributed by atoms with van der Waals surface area (Å²) in [7, 11) is 3.52. The third-order valence-electron chi connectivity index (χ3n) is 17.8. The molecule has 6 aromatic heterocycles. The fraction of sp³-hybridized carbons (Fsp3) is 0.391. The van der Waals surface area contributed by atoms with Gasteiger partial charge >= 0.3 is 0 Å². The Bertz CT molecular complexity index is 4560. The lowest BCUT2D eigenvalue weighted by atomic mass is 9.50. The summed E-state index contributed by atoms with van der Waals surface area (Å²) in [4.78, 5) is 34.2. The molecule has 6 aliphatic carbocycles. The second-order valence-corrected chi connectivity index (χ2v) is 28.5. The smallest absolute Gasteiger partial charge is 0.258 e. The van der Waals surface area contributed by atoms with Crippen molar-refractivity contribution in [2.24, 2.45) is 42.5 Å². The number of rotatable bonds is 12. The van der Waals surface area contributed by atoms with E-state index in [9.17, 15) is 20.1 Å². The van der Waals surface area contributed by atoms with Crippen molar-refractivity contribution in [2.75, 3.05) is 23.7 Å². The zero-order valence-corrected chi connectivity index (χ0v) is 53.1. The molecule has 4 aromatic carbocycles. The van der Waals surface area contributed by atoms with Crippen molar-refractivity contribution in [2.45, 2.75) is 124 Å². The minimum atomic E-state index is -0.387. The zero-order valence-electron chi connectivity index (χ0n) is 50.0. The molecular formula is C69H76BrCl2N15O2. The standard InChI is InChI=1S/C34H34ClN7O.C18H19N5O.C15H15BrClN3.2CH4/c1-33(2,3)19-38-30-22(16-36)17-37-31-27(30)11-20(12-28(31)35)10-26(29-18-42(40-39-29)34-13-21(14-34)15-34)23-6-5-7-25-24(23)8-9-41(4)32(25)43;1-22-6-5-12-13(3-2-4-14(12)17(22)24)16(19)15-10-23(21-20-15)18-7-11(8-18)9-18;1-15(2,3)8-20-13-9(6-18)7-19-14-11(13)4-10(16)5-12(14)17;;/h5-9,11-12,17-18,21,26H,10,13-15,19H2,1-4H3,(H,37,38);2-6,10-11,16H,7-9,19H2,1H3;4-5,7H,8H2,1-3H3,(H,19,20);2*1H4/t21?,26-,34?;11?,16-,18?;;;/m00.../s1. The van der Waals surface area contributed by atoms with Crippen molar-refractivity contribution in [1.82, 2.24) is 49.1 Å². The van der Waals surface area contributed by atoms with Gasteiger partial charge in [-0.1, -0.05) is 130 Å². The van der Waals surface area contributed by atoms with E-state index < -0.39 is 0 Å². The summed E-state index contributed by atoms with van der Waals surface area (Å²) in [5.41, 5.74) is 15.3. The summed E-state index contributed by atoms with van der Waals surface area (Å²) < 4.78 is 8.13. The molecule has 460 valence electrons. The molecule has 16 rings (SSSR count). The number of halogens is 3. The van der Waals surface area contributed by atoms with E-state index in [1.807, 2.05) is 71.7 Å². The van der Waals surface area contributed by atoms with Gasteiger partial charge in [0.1, 0.15) is 17.8 Å². The van der Waals surface area contributed by atoms with Gasteiger partial charge in [0.25, 0.3) is 11.1 Å². The Labute approximate surface area is 537 Å². The Morgan fingerprint density at radius 2 is 1.09 bits per heavy atom. The minimum absolute atomic E-state index is 0. The predicted molar refractivity (Wildman–Crippen MR) is 361 cm³/mol. The Morgan fingerprint density at radius 1 is 0.640 bits per heavy atom. The van der Waals surface area contributed by atoms with Gasteiger partial charge in [0.2, 0.25) is 0 Å². The van der Waals surface area contributed by atoms with Gasteiger partial charge in [0.05, 0.1) is 72.6 Å². The number of benzene rings is 4. The average Bonchev–Trinajstić information content (AvgIpc) is 1.70. The molecule has 6 aliphatic rings. The van der Waals surface area contributed by atoms with Crippen LogP contribution in [0.4, 0.5) is 11.4 Å². The van der Waals surface area contributed by atoms with E-state index in [-0.39, 0.29) is 59.8 Å². The van der Waals surface area contributed by atoms with Gasteiger partial charge in [-0.3, -0.25) is 19.6 Å². The highest BCUT2D eigenvalue weighted by atomic mass is 79.9. The molecule has 17 nitrogen and oxygen atoms in total. The first-order valence-corrected chi connectivity index (χ1v) is 30.9. The van der Waals surface area contributed by atoms with Crippen molar-refractivity contribution in [3.63, 3.8) is 0 Å². The molecular weight excluding hydrogens is 1220 g/mol. The number of pyridine rings is 4. The van der Waals surface area contributed by atoms with Crippen LogP contribution in [-0.4, -0.2) is 62.2 Å². The maximum atomic E-state index is 13.1. The number of nitrogens with one attached hydrogen (secondary N) is 2. The zero-order chi connectivity index (χ0) is 61.5. The molecule has 10 aromatic rings. The molecule has 0 spiro atoms. The van der Waals surface area contributed by atoms with Crippen LogP contribution in [0.5, 0.6) is 0 Å². The third kappa shape index (κ3) is 12.2. The number of nitrogens with zero attached hydrogens (tertiary/aromatic N) is 12. The van der Waals surface area contributed by atoms with Crippen LogP contribution in [0.1, 0.15) is 146 Å². The van der Waals surface area contributed by atoms with Crippen molar-refractivity contribution in [1.29, 1.82) is 10.5 Å². The van der Waals surface area contributed by atoms with Gasteiger partial charge in [0.15, 0.2) is 0 Å².